The van der Waals surface area contributed by atoms with E-state index in [1.807, 2.05) is 24.3 Å². The molecule has 0 spiro atoms. The van der Waals surface area contributed by atoms with Gasteiger partial charge in [0.05, 0.1) is 4.88 Å². The van der Waals surface area contributed by atoms with Crippen molar-refractivity contribution < 1.29 is 4.42 Å². The molecule has 3 aromatic rings. The Morgan fingerprint density at radius 2 is 1.52 bits per heavy atom. The normalized spacial score (nSPS) is 11.8. The minimum Gasteiger partial charge on any atom is -0.460 e. The summed E-state index contributed by atoms with van der Waals surface area (Å²) < 4.78 is 5.99. The first-order chi connectivity index (χ1) is 9.93. The molecule has 1 aromatic carbocycles. The van der Waals surface area contributed by atoms with E-state index in [-0.39, 0.29) is 5.41 Å². The molecule has 2 aromatic heterocycles. The Kier molecular flexibility index (Phi) is 3.68. The second kappa shape index (κ2) is 5.36. The van der Waals surface area contributed by atoms with E-state index >= 15 is 0 Å². The van der Waals surface area contributed by atoms with Crippen molar-refractivity contribution in [3.8, 4) is 21.1 Å². The Hall–Kier alpha value is -1.51. The molecule has 1 nitrogen and oxygen atoms in total. The number of benzene rings is 1. The van der Waals surface area contributed by atoms with Gasteiger partial charge in [-0.2, -0.15) is 0 Å². The summed E-state index contributed by atoms with van der Waals surface area (Å²) in [5.41, 5.74) is 1.22. The maximum Gasteiger partial charge on any atom is 0.144 e. The number of furan rings is 1. The van der Waals surface area contributed by atoms with Gasteiger partial charge in [-0.1, -0.05) is 44.5 Å². The van der Waals surface area contributed by atoms with Crippen LogP contribution in [-0.4, -0.2) is 0 Å². The van der Waals surface area contributed by atoms with Crippen LogP contribution >= 0.6 is 22.9 Å². The minimum absolute atomic E-state index is 0.0362. The molecule has 3 rings (SSSR count). The highest BCUT2D eigenvalue weighted by Gasteiger charge is 2.19. The van der Waals surface area contributed by atoms with E-state index in [9.17, 15) is 0 Å². The van der Waals surface area contributed by atoms with Gasteiger partial charge in [0.1, 0.15) is 11.5 Å². The summed E-state index contributed by atoms with van der Waals surface area (Å²) in [6.45, 7) is 6.47. The summed E-state index contributed by atoms with van der Waals surface area (Å²) in [6, 6.07) is 16.3. The summed E-state index contributed by atoms with van der Waals surface area (Å²) in [6.07, 6.45) is 0. The summed E-state index contributed by atoms with van der Waals surface area (Å²) in [7, 11) is 0. The van der Waals surface area contributed by atoms with Crippen LogP contribution in [0.2, 0.25) is 5.02 Å². The molecule has 0 amide bonds. The Balaban J connectivity index is 1.91. The molecule has 108 valence electrons. The smallest absolute Gasteiger partial charge is 0.144 e. The molecular weight excluding hydrogens is 300 g/mol. The lowest BCUT2D eigenvalue weighted by Gasteiger charge is -2.13. The molecule has 0 N–H and O–H groups in total. The highest BCUT2D eigenvalue weighted by Crippen LogP contribution is 2.37. The van der Waals surface area contributed by atoms with E-state index in [0.717, 1.165) is 21.4 Å². The standard InChI is InChI=1S/C18H17ClOS/c1-18(2,3)17-11-8-14(20-17)16-10-9-15(21-16)12-4-6-13(19)7-5-12/h4-11H,1-3H3. The molecule has 3 heteroatoms. The van der Waals surface area contributed by atoms with Crippen LogP contribution in [0.25, 0.3) is 21.1 Å². The van der Waals surface area contributed by atoms with E-state index < -0.39 is 0 Å². The van der Waals surface area contributed by atoms with Crippen molar-refractivity contribution >= 4 is 22.9 Å². The molecule has 2 heterocycles. The van der Waals surface area contributed by atoms with Crippen molar-refractivity contribution in [1.29, 1.82) is 0 Å². The van der Waals surface area contributed by atoms with Gasteiger partial charge in [0.25, 0.3) is 0 Å². The summed E-state index contributed by atoms with van der Waals surface area (Å²) in [4.78, 5) is 2.37. The van der Waals surface area contributed by atoms with Crippen molar-refractivity contribution in [3.63, 3.8) is 0 Å². The molecular formula is C18H17ClOS. The van der Waals surface area contributed by atoms with Crippen molar-refractivity contribution in [3.05, 3.63) is 59.3 Å². The SMILES string of the molecule is CC(C)(C)c1ccc(-c2ccc(-c3ccc(Cl)cc3)s2)o1. The molecule has 0 aliphatic carbocycles. The van der Waals surface area contributed by atoms with Gasteiger partial charge >= 0.3 is 0 Å². The molecule has 0 aliphatic heterocycles. The first-order valence-electron chi connectivity index (χ1n) is 6.90. The third-order valence-corrected chi connectivity index (χ3v) is 4.72. The molecule has 0 saturated carbocycles. The Morgan fingerprint density at radius 1 is 0.857 bits per heavy atom. The average Bonchev–Trinajstić information content (AvgIpc) is 3.07. The Morgan fingerprint density at radius 3 is 2.14 bits per heavy atom. The highest BCUT2D eigenvalue weighted by molar-refractivity contribution is 7.18. The van der Waals surface area contributed by atoms with Crippen LogP contribution in [0, 0.1) is 0 Å². The predicted octanol–water partition coefficient (Wildman–Crippen LogP) is 6.63. The van der Waals surface area contributed by atoms with Gasteiger partial charge in [0.15, 0.2) is 0 Å². The summed E-state index contributed by atoms with van der Waals surface area (Å²) in [5.74, 6) is 1.95. The van der Waals surface area contributed by atoms with E-state index in [4.69, 9.17) is 16.0 Å². The fourth-order valence-electron chi connectivity index (χ4n) is 2.11. The van der Waals surface area contributed by atoms with Gasteiger partial charge in [-0.05, 0) is 42.0 Å². The lowest BCUT2D eigenvalue weighted by atomic mass is 9.94. The van der Waals surface area contributed by atoms with Crippen molar-refractivity contribution in [2.45, 2.75) is 26.2 Å². The fourth-order valence-corrected chi connectivity index (χ4v) is 3.21. The largest absolute Gasteiger partial charge is 0.460 e. The van der Waals surface area contributed by atoms with Crippen molar-refractivity contribution in [1.82, 2.24) is 0 Å². The highest BCUT2D eigenvalue weighted by atomic mass is 35.5. The van der Waals surface area contributed by atoms with E-state index in [1.54, 1.807) is 11.3 Å². The van der Waals surface area contributed by atoms with Gasteiger partial charge in [0, 0.05) is 15.3 Å². The second-order valence-electron chi connectivity index (χ2n) is 6.08. The van der Waals surface area contributed by atoms with Gasteiger partial charge in [-0.15, -0.1) is 11.3 Å². The maximum absolute atomic E-state index is 5.99. The second-order valence-corrected chi connectivity index (χ2v) is 7.60. The molecule has 0 fully saturated rings. The van der Waals surface area contributed by atoms with Crippen LogP contribution in [0.1, 0.15) is 26.5 Å². The first kappa shape index (κ1) is 14.4. The van der Waals surface area contributed by atoms with Gasteiger partial charge in [0.2, 0.25) is 0 Å². The molecule has 0 radical (unpaired) electrons. The third-order valence-electron chi connectivity index (χ3n) is 3.32. The molecule has 0 unspecified atom stereocenters. The minimum atomic E-state index is 0.0362. The van der Waals surface area contributed by atoms with Crippen LogP contribution in [0.5, 0.6) is 0 Å². The number of hydrogen-bond acceptors (Lipinski definition) is 2. The average molecular weight is 317 g/mol. The molecule has 0 saturated heterocycles. The number of hydrogen-bond donors (Lipinski definition) is 0. The first-order valence-corrected chi connectivity index (χ1v) is 8.09. The monoisotopic (exact) mass is 316 g/mol. The fraction of sp³-hybridized carbons (Fsp3) is 0.222. The lowest BCUT2D eigenvalue weighted by Crippen LogP contribution is -2.08. The number of rotatable bonds is 2. The zero-order valence-corrected chi connectivity index (χ0v) is 13.9. The Bertz CT molecular complexity index is 744. The quantitative estimate of drug-likeness (QED) is 0.517. The van der Waals surface area contributed by atoms with Crippen LogP contribution in [0.15, 0.2) is 52.9 Å². The van der Waals surface area contributed by atoms with Crippen LogP contribution in [0.3, 0.4) is 0 Å². The molecule has 0 atom stereocenters. The van der Waals surface area contributed by atoms with Gasteiger partial charge < -0.3 is 4.42 Å². The molecule has 21 heavy (non-hydrogen) atoms. The van der Waals surface area contributed by atoms with E-state index in [0.29, 0.717) is 0 Å². The van der Waals surface area contributed by atoms with Crippen molar-refractivity contribution in [2.24, 2.45) is 0 Å². The maximum atomic E-state index is 5.99. The zero-order chi connectivity index (χ0) is 15.0. The number of halogens is 1. The van der Waals surface area contributed by atoms with Gasteiger partial charge in [-0.25, -0.2) is 0 Å². The lowest BCUT2D eigenvalue weighted by molar-refractivity contribution is 0.417. The molecule has 0 bridgehead atoms. The number of thiophene rings is 1. The van der Waals surface area contributed by atoms with Gasteiger partial charge in [-0.3, -0.25) is 0 Å². The summed E-state index contributed by atoms with van der Waals surface area (Å²) >= 11 is 7.67. The van der Waals surface area contributed by atoms with E-state index in [1.165, 1.54) is 10.4 Å². The third kappa shape index (κ3) is 3.07. The van der Waals surface area contributed by atoms with Crippen molar-refractivity contribution in [2.75, 3.05) is 0 Å². The zero-order valence-electron chi connectivity index (χ0n) is 12.3. The molecule has 0 aliphatic rings. The van der Waals surface area contributed by atoms with Crippen LogP contribution < -0.4 is 0 Å². The van der Waals surface area contributed by atoms with Crippen LogP contribution in [0.4, 0.5) is 0 Å². The van der Waals surface area contributed by atoms with Crippen LogP contribution in [-0.2, 0) is 5.41 Å². The predicted molar refractivity (Wildman–Crippen MR) is 91.2 cm³/mol. The summed E-state index contributed by atoms with van der Waals surface area (Å²) in [5, 5.41) is 0.761. The van der Waals surface area contributed by atoms with E-state index in [2.05, 4.69) is 45.0 Å². The topological polar surface area (TPSA) is 13.1 Å². The Labute approximate surface area is 134 Å².